The maximum Gasteiger partial charge on any atom is 0.122 e. The van der Waals surface area contributed by atoms with Gasteiger partial charge in [0.1, 0.15) is 5.76 Å². The average molecular weight is 251 g/mol. The SMILES string of the molecule is Cc1nc(CN(C)C(CN)c2ccco2)cs1. The van der Waals surface area contributed by atoms with Gasteiger partial charge in [0.25, 0.3) is 0 Å². The van der Waals surface area contributed by atoms with Gasteiger partial charge in [-0.05, 0) is 26.1 Å². The molecular weight excluding hydrogens is 234 g/mol. The van der Waals surface area contributed by atoms with E-state index in [-0.39, 0.29) is 6.04 Å². The topological polar surface area (TPSA) is 55.3 Å². The summed E-state index contributed by atoms with van der Waals surface area (Å²) in [5, 5.41) is 3.18. The molecule has 0 aliphatic heterocycles. The Bertz CT molecular complexity index is 452. The largest absolute Gasteiger partial charge is 0.468 e. The van der Waals surface area contributed by atoms with Gasteiger partial charge in [-0.2, -0.15) is 0 Å². The van der Waals surface area contributed by atoms with E-state index < -0.39 is 0 Å². The summed E-state index contributed by atoms with van der Waals surface area (Å²) >= 11 is 1.67. The van der Waals surface area contributed by atoms with Crippen LogP contribution in [-0.4, -0.2) is 23.5 Å². The highest BCUT2D eigenvalue weighted by atomic mass is 32.1. The number of aryl methyl sites for hydroxylation is 1. The van der Waals surface area contributed by atoms with E-state index in [1.807, 2.05) is 26.1 Å². The number of nitrogens with zero attached hydrogens (tertiary/aromatic N) is 2. The fourth-order valence-electron chi connectivity index (χ4n) is 1.84. The van der Waals surface area contributed by atoms with Gasteiger partial charge in [0.2, 0.25) is 0 Å². The van der Waals surface area contributed by atoms with Crippen LogP contribution in [0, 0.1) is 6.92 Å². The van der Waals surface area contributed by atoms with Crippen molar-refractivity contribution in [2.75, 3.05) is 13.6 Å². The normalized spacial score (nSPS) is 13.2. The lowest BCUT2D eigenvalue weighted by atomic mass is 10.2. The molecule has 2 heterocycles. The first-order valence-corrected chi connectivity index (χ1v) is 6.43. The standard InChI is InChI=1S/C12H17N3OS/c1-9-14-10(8-17-9)7-15(2)11(6-13)12-4-3-5-16-12/h3-5,8,11H,6-7,13H2,1-2H3. The third kappa shape index (κ3) is 2.94. The summed E-state index contributed by atoms with van der Waals surface area (Å²) in [5.74, 6) is 0.905. The van der Waals surface area contributed by atoms with Gasteiger partial charge in [-0.3, -0.25) is 4.90 Å². The first-order chi connectivity index (χ1) is 8.20. The summed E-state index contributed by atoms with van der Waals surface area (Å²) in [4.78, 5) is 6.61. The van der Waals surface area contributed by atoms with Crippen molar-refractivity contribution < 1.29 is 4.42 Å². The Kier molecular flexibility index (Phi) is 3.93. The lowest BCUT2D eigenvalue weighted by molar-refractivity contribution is 0.211. The van der Waals surface area contributed by atoms with Gasteiger partial charge < -0.3 is 10.2 Å². The molecule has 0 aliphatic rings. The van der Waals surface area contributed by atoms with Crippen LogP contribution in [0.5, 0.6) is 0 Å². The smallest absolute Gasteiger partial charge is 0.122 e. The molecule has 0 saturated heterocycles. The molecule has 2 rings (SSSR count). The van der Waals surface area contributed by atoms with Crippen LogP contribution in [0.2, 0.25) is 0 Å². The van der Waals surface area contributed by atoms with E-state index in [9.17, 15) is 0 Å². The maximum absolute atomic E-state index is 5.80. The van der Waals surface area contributed by atoms with Crippen molar-refractivity contribution in [3.8, 4) is 0 Å². The van der Waals surface area contributed by atoms with E-state index in [0.717, 1.165) is 23.0 Å². The lowest BCUT2D eigenvalue weighted by Gasteiger charge is -2.24. The first-order valence-electron chi connectivity index (χ1n) is 5.55. The van der Waals surface area contributed by atoms with Crippen molar-refractivity contribution in [3.63, 3.8) is 0 Å². The van der Waals surface area contributed by atoms with Gasteiger partial charge in [0.05, 0.1) is 23.0 Å². The summed E-state index contributed by atoms with van der Waals surface area (Å²) in [6, 6.07) is 3.95. The predicted octanol–water partition coefficient (Wildman–Crippen LogP) is 2.18. The lowest BCUT2D eigenvalue weighted by Crippen LogP contribution is -2.30. The van der Waals surface area contributed by atoms with Gasteiger partial charge in [-0.15, -0.1) is 11.3 Å². The zero-order valence-corrected chi connectivity index (χ0v) is 10.9. The van der Waals surface area contributed by atoms with E-state index in [1.54, 1.807) is 17.6 Å². The van der Waals surface area contributed by atoms with E-state index in [2.05, 4.69) is 15.3 Å². The number of nitrogens with two attached hydrogens (primary N) is 1. The molecule has 0 aromatic carbocycles. The Balaban J connectivity index is 2.05. The van der Waals surface area contributed by atoms with E-state index in [0.29, 0.717) is 6.54 Å². The van der Waals surface area contributed by atoms with Crippen molar-refractivity contribution in [1.82, 2.24) is 9.88 Å². The third-order valence-electron chi connectivity index (χ3n) is 2.70. The first kappa shape index (κ1) is 12.3. The van der Waals surface area contributed by atoms with Crippen molar-refractivity contribution in [2.24, 2.45) is 5.73 Å². The number of likely N-dealkylation sites (N-methyl/N-ethyl adjacent to an activating group) is 1. The summed E-state index contributed by atoms with van der Waals surface area (Å²) in [5.41, 5.74) is 6.89. The number of thiazole rings is 1. The summed E-state index contributed by atoms with van der Waals surface area (Å²) < 4.78 is 5.41. The Morgan fingerprint density at radius 3 is 2.94 bits per heavy atom. The molecule has 1 atom stereocenters. The Hall–Kier alpha value is -1.17. The number of hydrogen-bond donors (Lipinski definition) is 1. The summed E-state index contributed by atoms with van der Waals surface area (Å²) in [6.45, 7) is 3.33. The zero-order valence-electron chi connectivity index (χ0n) is 10.1. The molecule has 92 valence electrons. The molecule has 0 amide bonds. The third-order valence-corrected chi connectivity index (χ3v) is 3.53. The minimum Gasteiger partial charge on any atom is -0.468 e. The molecule has 2 aromatic heterocycles. The second kappa shape index (κ2) is 5.44. The maximum atomic E-state index is 5.80. The molecular formula is C12H17N3OS. The molecule has 17 heavy (non-hydrogen) atoms. The van der Waals surface area contributed by atoms with Crippen LogP contribution in [0.1, 0.15) is 22.5 Å². The van der Waals surface area contributed by atoms with Gasteiger partial charge in [0.15, 0.2) is 0 Å². The van der Waals surface area contributed by atoms with Gasteiger partial charge in [-0.1, -0.05) is 0 Å². The van der Waals surface area contributed by atoms with E-state index >= 15 is 0 Å². The van der Waals surface area contributed by atoms with Crippen LogP contribution in [-0.2, 0) is 6.54 Å². The molecule has 1 unspecified atom stereocenters. The molecule has 2 N–H and O–H groups in total. The molecule has 0 saturated carbocycles. The molecule has 5 heteroatoms. The number of rotatable bonds is 5. The monoisotopic (exact) mass is 251 g/mol. The second-order valence-electron chi connectivity index (χ2n) is 4.04. The number of hydrogen-bond acceptors (Lipinski definition) is 5. The molecule has 0 bridgehead atoms. The molecule has 2 aromatic rings. The summed E-state index contributed by atoms with van der Waals surface area (Å²) in [7, 11) is 2.04. The molecule has 0 fully saturated rings. The fourth-order valence-corrected chi connectivity index (χ4v) is 2.44. The highest BCUT2D eigenvalue weighted by Crippen LogP contribution is 2.21. The summed E-state index contributed by atoms with van der Waals surface area (Å²) in [6.07, 6.45) is 1.68. The van der Waals surface area contributed by atoms with Crippen molar-refractivity contribution in [1.29, 1.82) is 0 Å². The quantitative estimate of drug-likeness (QED) is 0.885. The highest BCUT2D eigenvalue weighted by Gasteiger charge is 2.18. The van der Waals surface area contributed by atoms with Crippen LogP contribution in [0.15, 0.2) is 28.2 Å². The van der Waals surface area contributed by atoms with Crippen LogP contribution in [0.25, 0.3) is 0 Å². The Morgan fingerprint density at radius 1 is 1.59 bits per heavy atom. The van der Waals surface area contributed by atoms with Crippen molar-refractivity contribution >= 4 is 11.3 Å². The zero-order chi connectivity index (χ0) is 12.3. The minimum absolute atomic E-state index is 0.104. The van der Waals surface area contributed by atoms with Crippen LogP contribution in [0.4, 0.5) is 0 Å². The van der Waals surface area contributed by atoms with Gasteiger partial charge in [0, 0.05) is 18.5 Å². The van der Waals surface area contributed by atoms with Gasteiger partial charge >= 0.3 is 0 Å². The molecule has 0 spiro atoms. The highest BCUT2D eigenvalue weighted by molar-refractivity contribution is 7.09. The van der Waals surface area contributed by atoms with Gasteiger partial charge in [-0.25, -0.2) is 4.98 Å². The number of aromatic nitrogens is 1. The van der Waals surface area contributed by atoms with Crippen LogP contribution < -0.4 is 5.73 Å². The van der Waals surface area contributed by atoms with Crippen molar-refractivity contribution in [2.45, 2.75) is 19.5 Å². The van der Waals surface area contributed by atoms with Crippen LogP contribution in [0.3, 0.4) is 0 Å². The van der Waals surface area contributed by atoms with Crippen LogP contribution >= 0.6 is 11.3 Å². The second-order valence-corrected chi connectivity index (χ2v) is 5.10. The van der Waals surface area contributed by atoms with Crippen molar-refractivity contribution in [3.05, 3.63) is 40.2 Å². The average Bonchev–Trinajstić information content (AvgIpc) is 2.92. The van der Waals surface area contributed by atoms with E-state index in [1.165, 1.54) is 0 Å². The van der Waals surface area contributed by atoms with E-state index in [4.69, 9.17) is 10.2 Å². The molecule has 0 aliphatic carbocycles. The molecule has 4 nitrogen and oxygen atoms in total. The fraction of sp³-hybridized carbons (Fsp3) is 0.417. The Labute approximate surface area is 105 Å². The molecule has 0 radical (unpaired) electrons. The predicted molar refractivity (Wildman–Crippen MR) is 68.8 cm³/mol. The number of furan rings is 1. The Morgan fingerprint density at radius 2 is 2.41 bits per heavy atom. The minimum atomic E-state index is 0.104.